The number of likely N-dealkylation sites (N-methyl/N-ethyl adjacent to an activating group) is 1. The zero-order chi connectivity index (χ0) is 12.6. The van der Waals surface area contributed by atoms with Gasteiger partial charge in [-0.2, -0.15) is 5.26 Å². The standard InChI is InChI=1S/C10H10N2O5/c1-5(3-11)15-10(14)8-7-9(13)12(2)4-6(16-7)17-8/h6-8H,1,4H2,2H3/t6-,7+,8+/m1/s1. The zero-order valence-corrected chi connectivity index (χ0v) is 9.08. The summed E-state index contributed by atoms with van der Waals surface area (Å²) in [5, 5.41) is 8.43. The highest BCUT2D eigenvalue weighted by atomic mass is 16.7. The topological polar surface area (TPSA) is 88.9 Å². The Morgan fingerprint density at radius 3 is 3.00 bits per heavy atom. The Kier molecular flexibility index (Phi) is 2.83. The minimum atomic E-state index is -1.14. The third kappa shape index (κ3) is 2.00. The SMILES string of the molecule is C=C(C#N)OC(=O)[C@H]1O[C@@H]2CN(C)C(=O)[C@H]1O2. The summed E-state index contributed by atoms with van der Waals surface area (Å²) >= 11 is 0. The molecule has 0 N–H and O–H groups in total. The number of nitriles is 1. The van der Waals surface area contributed by atoms with E-state index >= 15 is 0 Å². The first kappa shape index (κ1) is 11.6. The summed E-state index contributed by atoms with van der Waals surface area (Å²) in [5.41, 5.74) is 0. The van der Waals surface area contributed by atoms with Crippen molar-refractivity contribution in [2.24, 2.45) is 0 Å². The van der Waals surface area contributed by atoms with E-state index in [0.29, 0.717) is 0 Å². The van der Waals surface area contributed by atoms with E-state index in [1.54, 1.807) is 13.1 Å². The number of carbonyl (C=O) groups is 2. The summed E-state index contributed by atoms with van der Waals surface area (Å²) < 4.78 is 15.0. The largest absolute Gasteiger partial charge is 0.414 e. The van der Waals surface area contributed by atoms with Gasteiger partial charge >= 0.3 is 5.97 Å². The molecule has 90 valence electrons. The molecule has 2 heterocycles. The third-order valence-corrected chi connectivity index (χ3v) is 2.50. The lowest BCUT2D eigenvalue weighted by atomic mass is 10.2. The van der Waals surface area contributed by atoms with Gasteiger partial charge in [-0.05, 0) is 6.58 Å². The maximum absolute atomic E-state index is 11.7. The lowest BCUT2D eigenvalue weighted by Crippen LogP contribution is -2.48. The van der Waals surface area contributed by atoms with Crippen molar-refractivity contribution >= 4 is 11.9 Å². The van der Waals surface area contributed by atoms with Crippen molar-refractivity contribution < 1.29 is 23.8 Å². The zero-order valence-electron chi connectivity index (χ0n) is 9.08. The number of hydrogen-bond acceptors (Lipinski definition) is 6. The number of ether oxygens (including phenoxy) is 3. The van der Waals surface area contributed by atoms with Gasteiger partial charge in [-0.25, -0.2) is 4.79 Å². The normalized spacial score (nSPS) is 30.9. The molecule has 0 unspecified atom stereocenters. The van der Waals surface area contributed by atoms with Crippen molar-refractivity contribution in [3.8, 4) is 6.07 Å². The summed E-state index contributed by atoms with van der Waals surface area (Å²) in [4.78, 5) is 24.7. The van der Waals surface area contributed by atoms with E-state index < -0.39 is 24.5 Å². The molecular formula is C10H10N2O5. The van der Waals surface area contributed by atoms with Gasteiger partial charge < -0.3 is 19.1 Å². The summed E-state index contributed by atoms with van der Waals surface area (Å²) in [5.74, 6) is -1.53. The van der Waals surface area contributed by atoms with Crippen LogP contribution in [0, 0.1) is 11.3 Å². The molecule has 2 saturated heterocycles. The molecule has 0 saturated carbocycles. The Bertz CT molecular complexity index is 427. The van der Waals surface area contributed by atoms with Crippen LogP contribution in [0.1, 0.15) is 0 Å². The fourth-order valence-electron chi connectivity index (χ4n) is 1.69. The molecule has 17 heavy (non-hydrogen) atoms. The van der Waals surface area contributed by atoms with Crippen molar-refractivity contribution in [3.05, 3.63) is 12.3 Å². The number of amides is 1. The van der Waals surface area contributed by atoms with Crippen LogP contribution in [0.4, 0.5) is 0 Å². The van der Waals surface area contributed by atoms with Gasteiger partial charge in [0, 0.05) is 7.05 Å². The number of rotatable bonds is 2. The highest BCUT2D eigenvalue weighted by Crippen LogP contribution is 2.27. The molecule has 2 aliphatic heterocycles. The van der Waals surface area contributed by atoms with Crippen molar-refractivity contribution in [1.29, 1.82) is 5.26 Å². The molecule has 0 spiro atoms. The van der Waals surface area contributed by atoms with Gasteiger partial charge in [0.05, 0.1) is 6.54 Å². The molecule has 2 bridgehead atoms. The Balaban J connectivity index is 2.09. The van der Waals surface area contributed by atoms with Gasteiger partial charge in [0.2, 0.25) is 0 Å². The summed E-state index contributed by atoms with van der Waals surface area (Å²) in [6, 6.07) is 1.57. The van der Waals surface area contributed by atoms with E-state index in [-0.39, 0.29) is 18.2 Å². The van der Waals surface area contributed by atoms with Crippen LogP contribution < -0.4 is 0 Å². The molecule has 0 aromatic carbocycles. The number of fused-ring (bicyclic) bond motifs is 2. The van der Waals surface area contributed by atoms with E-state index in [0.717, 1.165) is 0 Å². The molecule has 2 aliphatic rings. The number of nitrogens with zero attached hydrogens (tertiary/aromatic N) is 2. The number of esters is 1. The second kappa shape index (κ2) is 4.16. The van der Waals surface area contributed by atoms with Gasteiger partial charge in [-0.15, -0.1) is 0 Å². The number of hydrogen-bond donors (Lipinski definition) is 0. The highest BCUT2D eigenvalue weighted by Gasteiger charge is 2.51. The molecule has 7 nitrogen and oxygen atoms in total. The molecule has 2 fully saturated rings. The quantitative estimate of drug-likeness (QED) is 0.353. The van der Waals surface area contributed by atoms with Gasteiger partial charge in [-0.3, -0.25) is 4.79 Å². The molecule has 0 aromatic heterocycles. The van der Waals surface area contributed by atoms with Crippen molar-refractivity contribution in [3.63, 3.8) is 0 Å². The monoisotopic (exact) mass is 238 g/mol. The molecule has 3 atom stereocenters. The molecule has 0 radical (unpaired) electrons. The van der Waals surface area contributed by atoms with E-state index in [9.17, 15) is 9.59 Å². The Labute approximate surface area is 97.1 Å². The second-order valence-corrected chi connectivity index (χ2v) is 3.72. The number of morpholine rings is 1. The third-order valence-electron chi connectivity index (χ3n) is 2.50. The van der Waals surface area contributed by atoms with Crippen molar-refractivity contribution in [2.75, 3.05) is 13.6 Å². The average Bonchev–Trinajstić information content (AvgIpc) is 2.66. The van der Waals surface area contributed by atoms with Crippen molar-refractivity contribution in [2.45, 2.75) is 18.5 Å². The Hall–Kier alpha value is -1.91. The lowest BCUT2D eigenvalue weighted by molar-refractivity contribution is -0.159. The lowest BCUT2D eigenvalue weighted by Gasteiger charge is -2.26. The van der Waals surface area contributed by atoms with E-state index in [1.807, 2.05) is 0 Å². The van der Waals surface area contributed by atoms with Crippen LogP contribution in [0.25, 0.3) is 0 Å². The van der Waals surface area contributed by atoms with Crippen LogP contribution in [0.15, 0.2) is 12.3 Å². The summed E-state index contributed by atoms with van der Waals surface area (Å²) in [7, 11) is 1.59. The predicted molar refractivity (Wildman–Crippen MR) is 52.0 cm³/mol. The van der Waals surface area contributed by atoms with Crippen LogP contribution in [-0.4, -0.2) is 48.9 Å². The first-order valence-corrected chi connectivity index (χ1v) is 4.89. The van der Waals surface area contributed by atoms with Crippen LogP contribution in [0.2, 0.25) is 0 Å². The van der Waals surface area contributed by atoms with E-state index in [2.05, 4.69) is 11.3 Å². The molecule has 1 amide bonds. The van der Waals surface area contributed by atoms with Crippen molar-refractivity contribution in [1.82, 2.24) is 4.90 Å². The van der Waals surface area contributed by atoms with Crippen LogP contribution >= 0.6 is 0 Å². The molecule has 0 aromatic rings. The van der Waals surface area contributed by atoms with Gasteiger partial charge in [0.1, 0.15) is 6.07 Å². The van der Waals surface area contributed by atoms with E-state index in [1.165, 1.54) is 4.90 Å². The second-order valence-electron chi connectivity index (χ2n) is 3.72. The predicted octanol–water partition coefficient (Wildman–Crippen LogP) is -0.851. The summed E-state index contributed by atoms with van der Waals surface area (Å²) in [6.45, 7) is 3.47. The fraction of sp³-hybridized carbons (Fsp3) is 0.500. The highest BCUT2D eigenvalue weighted by molar-refractivity contribution is 5.90. The Morgan fingerprint density at radius 1 is 1.65 bits per heavy atom. The average molecular weight is 238 g/mol. The number of carbonyl (C=O) groups excluding carboxylic acids is 2. The maximum atomic E-state index is 11.7. The van der Waals surface area contributed by atoms with Crippen LogP contribution in [0.3, 0.4) is 0 Å². The fourth-order valence-corrected chi connectivity index (χ4v) is 1.69. The smallest absolute Gasteiger partial charge is 0.344 e. The van der Waals surface area contributed by atoms with Crippen LogP contribution in [-0.2, 0) is 23.8 Å². The van der Waals surface area contributed by atoms with Gasteiger partial charge in [0.15, 0.2) is 24.3 Å². The molecule has 7 heteroatoms. The minimum Gasteiger partial charge on any atom is -0.414 e. The molecular weight excluding hydrogens is 228 g/mol. The molecule has 2 rings (SSSR count). The number of allylic oxidation sites excluding steroid dienone is 1. The molecule has 0 aliphatic carbocycles. The summed E-state index contributed by atoms with van der Waals surface area (Å²) in [6.07, 6.45) is -2.77. The first-order chi connectivity index (χ1) is 8.02. The minimum absolute atomic E-state index is 0.262. The maximum Gasteiger partial charge on any atom is 0.344 e. The van der Waals surface area contributed by atoms with Gasteiger partial charge in [-0.1, -0.05) is 0 Å². The Morgan fingerprint density at radius 2 is 2.35 bits per heavy atom. The van der Waals surface area contributed by atoms with Crippen LogP contribution in [0.5, 0.6) is 0 Å². The van der Waals surface area contributed by atoms with E-state index in [4.69, 9.17) is 14.7 Å². The van der Waals surface area contributed by atoms with Gasteiger partial charge in [0.25, 0.3) is 5.91 Å². The first-order valence-electron chi connectivity index (χ1n) is 4.89.